The van der Waals surface area contributed by atoms with Crippen molar-refractivity contribution in [1.82, 2.24) is 5.32 Å². The highest BCUT2D eigenvalue weighted by atomic mass is 16.5. The van der Waals surface area contributed by atoms with Crippen LogP contribution in [0.4, 0.5) is 0 Å². The molecule has 0 radical (unpaired) electrons. The van der Waals surface area contributed by atoms with Gasteiger partial charge in [0.2, 0.25) is 0 Å². The van der Waals surface area contributed by atoms with Crippen molar-refractivity contribution >= 4 is 5.91 Å². The van der Waals surface area contributed by atoms with Gasteiger partial charge in [0, 0.05) is 6.07 Å². The highest BCUT2D eigenvalue weighted by molar-refractivity contribution is 5.96. The van der Waals surface area contributed by atoms with Gasteiger partial charge in [-0.05, 0) is 38.7 Å². The molecule has 1 N–H and O–H groups in total. The standard InChI is InChI=1S/C16H21NO4/c1-10-7-13(18)21-11(2)14(10)15(19)17-12-8-16(20-9-12)5-3-4-6-16/h7,12H,3-6,8-9H2,1-2H3,(H,17,19). The van der Waals surface area contributed by atoms with Crippen molar-refractivity contribution in [2.24, 2.45) is 0 Å². The maximum Gasteiger partial charge on any atom is 0.336 e. The summed E-state index contributed by atoms with van der Waals surface area (Å²) < 4.78 is 11.0. The summed E-state index contributed by atoms with van der Waals surface area (Å²) in [4.78, 5) is 23.7. The topological polar surface area (TPSA) is 68.5 Å². The van der Waals surface area contributed by atoms with Crippen LogP contribution in [-0.4, -0.2) is 24.2 Å². The first kappa shape index (κ1) is 14.3. The Bertz CT molecular complexity index is 587. The molecule has 1 spiro atoms. The SMILES string of the molecule is Cc1cc(=O)oc(C)c1C(=O)NC1COC2(CCCC2)C1. The van der Waals surface area contributed by atoms with Crippen molar-refractivity contribution in [2.45, 2.75) is 57.6 Å². The molecule has 1 saturated heterocycles. The molecule has 1 amide bonds. The Hall–Kier alpha value is -1.62. The molecule has 1 atom stereocenters. The van der Waals surface area contributed by atoms with Crippen LogP contribution in [0.2, 0.25) is 0 Å². The van der Waals surface area contributed by atoms with Gasteiger partial charge in [0.15, 0.2) is 0 Å². The summed E-state index contributed by atoms with van der Waals surface area (Å²) in [5.74, 6) is 0.185. The van der Waals surface area contributed by atoms with Gasteiger partial charge in [-0.25, -0.2) is 4.79 Å². The maximum atomic E-state index is 12.4. The van der Waals surface area contributed by atoms with E-state index in [2.05, 4.69) is 5.32 Å². The molecule has 1 aliphatic heterocycles. The molecule has 5 heteroatoms. The van der Waals surface area contributed by atoms with Crippen LogP contribution in [0.5, 0.6) is 0 Å². The minimum Gasteiger partial charge on any atom is -0.427 e. The first-order valence-electron chi connectivity index (χ1n) is 7.55. The zero-order chi connectivity index (χ0) is 15.0. The van der Waals surface area contributed by atoms with Gasteiger partial charge in [0.25, 0.3) is 5.91 Å². The third-order valence-corrected chi connectivity index (χ3v) is 4.62. The lowest BCUT2D eigenvalue weighted by molar-refractivity contribution is 0.00987. The smallest absolute Gasteiger partial charge is 0.336 e. The number of nitrogens with one attached hydrogen (secondary N) is 1. The molecule has 0 aromatic carbocycles. The Labute approximate surface area is 123 Å². The number of amides is 1. The van der Waals surface area contributed by atoms with Crippen LogP contribution in [-0.2, 0) is 4.74 Å². The third kappa shape index (κ3) is 2.75. The highest BCUT2D eigenvalue weighted by Gasteiger charge is 2.42. The molecular weight excluding hydrogens is 270 g/mol. The molecule has 1 aromatic heterocycles. The van der Waals surface area contributed by atoms with Crippen LogP contribution >= 0.6 is 0 Å². The van der Waals surface area contributed by atoms with Crippen molar-refractivity contribution in [2.75, 3.05) is 6.61 Å². The molecule has 1 unspecified atom stereocenters. The molecule has 1 aliphatic carbocycles. The Balaban J connectivity index is 1.72. The van der Waals surface area contributed by atoms with Gasteiger partial charge in [-0.15, -0.1) is 0 Å². The lowest BCUT2D eigenvalue weighted by Gasteiger charge is -2.21. The summed E-state index contributed by atoms with van der Waals surface area (Å²) in [6.07, 6.45) is 5.49. The highest BCUT2D eigenvalue weighted by Crippen LogP contribution is 2.40. The van der Waals surface area contributed by atoms with Crippen LogP contribution in [0.1, 0.15) is 53.8 Å². The monoisotopic (exact) mass is 291 g/mol. The molecule has 1 saturated carbocycles. The van der Waals surface area contributed by atoms with E-state index in [1.54, 1.807) is 13.8 Å². The molecule has 114 valence electrons. The summed E-state index contributed by atoms with van der Waals surface area (Å²) in [6, 6.07) is 1.40. The van der Waals surface area contributed by atoms with Gasteiger partial charge >= 0.3 is 5.63 Å². The minimum atomic E-state index is -0.421. The molecule has 5 nitrogen and oxygen atoms in total. The number of ether oxygens (including phenoxy) is 1. The average Bonchev–Trinajstić information content (AvgIpc) is 2.99. The lowest BCUT2D eigenvalue weighted by atomic mass is 9.96. The molecule has 3 rings (SSSR count). The van der Waals surface area contributed by atoms with E-state index in [0.717, 1.165) is 19.3 Å². The summed E-state index contributed by atoms with van der Waals surface area (Å²) >= 11 is 0. The lowest BCUT2D eigenvalue weighted by Crippen LogP contribution is -2.37. The third-order valence-electron chi connectivity index (χ3n) is 4.62. The molecular formula is C16H21NO4. The van der Waals surface area contributed by atoms with Crippen molar-refractivity contribution < 1.29 is 13.9 Å². The van der Waals surface area contributed by atoms with Crippen molar-refractivity contribution in [1.29, 1.82) is 0 Å². The number of aryl methyl sites for hydroxylation is 2. The maximum absolute atomic E-state index is 12.4. The fourth-order valence-corrected chi connectivity index (χ4v) is 3.66. The summed E-state index contributed by atoms with van der Waals surface area (Å²) in [5, 5.41) is 3.02. The number of carbonyl (C=O) groups excluding carboxylic acids is 1. The number of hydrogen-bond acceptors (Lipinski definition) is 4. The van der Waals surface area contributed by atoms with Crippen molar-refractivity contribution in [3.8, 4) is 0 Å². The Morgan fingerprint density at radius 2 is 2.05 bits per heavy atom. The van der Waals surface area contributed by atoms with Gasteiger partial charge < -0.3 is 14.5 Å². The van der Waals surface area contributed by atoms with Gasteiger partial charge in [0.1, 0.15) is 5.76 Å². The van der Waals surface area contributed by atoms with E-state index in [1.807, 2.05) is 0 Å². The quantitative estimate of drug-likeness (QED) is 0.906. The zero-order valence-corrected chi connectivity index (χ0v) is 12.5. The van der Waals surface area contributed by atoms with Gasteiger partial charge in [-0.2, -0.15) is 0 Å². The van der Waals surface area contributed by atoms with E-state index in [-0.39, 0.29) is 17.6 Å². The van der Waals surface area contributed by atoms with Crippen molar-refractivity contribution in [3.05, 3.63) is 33.4 Å². The van der Waals surface area contributed by atoms with Crippen LogP contribution < -0.4 is 10.9 Å². The number of carbonyl (C=O) groups is 1. The molecule has 21 heavy (non-hydrogen) atoms. The second-order valence-electron chi connectivity index (χ2n) is 6.26. The largest absolute Gasteiger partial charge is 0.427 e. The van der Waals surface area contributed by atoms with Crippen LogP contribution in [0, 0.1) is 13.8 Å². The predicted octanol–water partition coefficient (Wildman–Crippen LogP) is 2.09. The Morgan fingerprint density at radius 3 is 2.71 bits per heavy atom. The number of hydrogen-bond donors (Lipinski definition) is 1. The van der Waals surface area contributed by atoms with Crippen LogP contribution in [0.15, 0.2) is 15.3 Å². The van der Waals surface area contributed by atoms with Gasteiger partial charge in [-0.1, -0.05) is 12.8 Å². The summed E-state index contributed by atoms with van der Waals surface area (Å²) in [6.45, 7) is 3.97. The second-order valence-corrected chi connectivity index (χ2v) is 6.26. The number of rotatable bonds is 2. The summed E-state index contributed by atoms with van der Waals surface area (Å²) in [7, 11) is 0. The van der Waals surface area contributed by atoms with Crippen molar-refractivity contribution in [3.63, 3.8) is 0 Å². The fraction of sp³-hybridized carbons (Fsp3) is 0.625. The van der Waals surface area contributed by atoms with Gasteiger partial charge in [0.05, 0.1) is 23.8 Å². The predicted molar refractivity (Wildman–Crippen MR) is 77.5 cm³/mol. The molecule has 2 aliphatic rings. The first-order valence-corrected chi connectivity index (χ1v) is 7.55. The Morgan fingerprint density at radius 1 is 1.33 bits per heavy atom. The Kier molecular flexibility index (Phi) is 3.61. The molecule has 1 aromatic rings. The van der Waals surface area contributed by atoms with E-state index in [9.17, 15) is 9.59 Å². The van der Waals surface area contributed by atoms with E-state index < -0.39 is 5.63 Å². The van der Waals surface area contributed by atoms with Crippen LogP contribution in [0.3, 0.4) is 0 Å². The zero-order valence-electron chi connectivity index (χ0n) is 12.5. The van der Waals surface area contributed by atoms with E-state index in [1.165, 1.54) is 18.9 Å². The molecule has 2 heterocycles. The minimum absolute atomic E-state index is 0.00864. The van der Waals surface area contributed by atoms with E-state index >= 15 is 0 Å². The van der Waals surface area contributed by atoms with Crippen LogP contribution in [0.25, 0.3) is 0 Å². The summed E-state index contributed by atoms with van der Waals surface area (Å²) in [5.41, 5.74) is 0.680. The average molecular weight is 291 g/mol. The second kappa shape index (κ2) is 5.30. The fourth-order valence-electron chi connectivity index (χ4n) is 3.66. The molecule has 2 fully saturated rings. The normalized spacial score (nSPS) is 23.6. The van der Waals surface area contributed by atoms with E-state index in [4.69, 9.17) is 9.15 Å². The molecule has 0 bridgehead atoms. The first-order chi connectivity index (χ1) is 9.99. The van der Waals surface area contributed by atoms with E-state index in [0.29, 0.717) is 23.5 Å². The van der Waals surface area contributed by atoms with Gasteiger partial charge in [-0.3, -0.25) is 4.79 Å².